The largest absolute Gasteiger partial charge is 0.507 e. The molecule has 0 bridgehead atoms. The predicted octanol–water partition coefficient (Wildman–Crippen LogP) is 7.85. The number of phenolic OH excluding ortho intramolecular Hbond substituents is 1. The second-order valence-corrected chi connectivity index (χ2v) is 22.2. The third kappa shape index (κ3) is 10.4. The number of nitrogens with zero attached hydrogens (tertiary/aromatic N) is 7. The Morgan fingerprint density at radius 3 is 2.25 bits per heavy atom. The smallest absolute Gasteiger partial charge is 0.246 e. The molecule has 0 radical (unpaired) electrons. The number of phenols is 1. The molecular formula is C53H68N10O5S. The van der Waals surface area contributed by atoms with Gasteiger partial charge in [0.05, 0.1) is 46.2 Å². The molecule has 2 aromatic carbocycles. The van der Waals surface area contributed by atoms with Crippen molar-refractivity contribution >= 4 is 34.9 Å². The molecule has 2 saturated heterocycles. The van der Waals surface area contributed by atoms with E-state index in [0.717, 1.165) is 84.4 Å². The molecule has 16 heteroatoms. The number of nitrogens with one attached hydrogen (secondary N) is 2. The summed E-state index contributed by atoms with van der Waals surface area (Å²) in [4.78, 5) is 51.8. The van der Waals surface area contributed by atoms with Crippen LogP contribution in [0.4, 0.5) is 5.82 Å². The Balaban J connectivity index is 0.742. The molecule has 5 aromatic rings. The number of carbonyl (C=O) groups is 3. The first-order valence-electron chi connectivity index (χ1n) is 24.9. The van der Waals surface area contributed by atoms with Gasteiger partial charge in [0, 0.05) is 47.8 Å². The first-order valence-corrected chi connectivity index (χ1v) is 25.7. The fraction of sp³-hybridized carbons (Fsp3) is 0.528. The Hall–Kier alpha value is -5.71. The number of aliphatic hydroxyl groups is 1. The van der Waals surface area contributed by atoms with Crippen LogP contribution in [0.5, 0.6) is 5.75 Å². The number of aryl methyl sites for hydroxylation is 1. The fourth-order valence-electron chi connectivity index (χ4n) is 11.5. The zero-order valence-electron chi connectivity index (χ0n) is 40.6. The molecule has 366 valence electrons. The number of nitrogen functional groups attached to an aromatic ring is 1. The van der Waals surface area contributed by atoms with Crippen LogP contribution in [0.2, 0.25) is 0 Å². The number of likely N-dealkylation sites (tertiary alicyclic amines) is 2. The van der Waals surface area contributed by atoms with E-state index in [1.54, 1.807) is 23.5 Å². The van der Waals surface area contributed by atoms with Crippen LogP contribution in [0.1, 0.15) is 122 Å². The lowest BCUT2D eigenvalue weighted by atomic mass is 9.66. The van der Waals surface area contributed by atoms with Crippen LogP contribution in [0.3, 0.4) is 0 Å². The highest BCUT2D eigenvalue weighted by Crippen LogP contribution is 2.48. The lowest BCUT2D eigenvalue weighted by molar-refractivity contribution is -0.145. The molecule has 2 aliphatic heterocycles. The molecule has 2 aliphatic carbocycles. The summed E-state index contributed by atoms with van der Waals surface area (Å²) in [5.41, 5.74) is 13.6. The third-order valence-corrected chi connectivity index (χ3v) is 16.8. The molecular weight excluding hydrogens is 889 g/mol. The summed E-state index contributed by atoms with van der Waals surface area (Å²) in [5, 5.41) is 40.6. The first-order chi connectivity index (χ1) is 33.1. The number of nitrogens with two attached hydrogens (primary N) is 1. The molecule has 0 unspecified atom stereocenters. The normalized spacial score (nSPS) is 23.1. The molecule has 3 aromatic heterocycles. The van der Waals surface area contributed by atoms with Gasteiger partial charge >= 0.3 is 0 Å². The molecule has 3 amide bonds. The highest BCUT2D eigenvalue weighted by molar-refractivity contribution is 7.13. The number of aromatic nitrogens is 5. The number of aliphatic hydroxyl groups excluding tert-OH is 1. The minimum atomic E-state index is -0.853. The standard InChI is InChI=1S/C53H68N10O5S/c1-32(34-10-12-35(13-11-34)46-33(2)55-31-69-46)57-50(67)44-26-40(64)30-62(44)51(68)47(52(3,4)5)58-49(66)36-14-16-38(17-15-36)61-24-22-53(23-25-61)20-18-39(19-21-53)63-29-37(28-56-63)42-27-43(59-60-48(42)54)41-8-6-7-9-45(41)65/h6-13,27-29,31-32,36,38-40,44,47,64-65H,14-26,30H2,1-5H3,(H2,54,60)(H,57,67)(H,58,66)/t32-,36?,38?,40+,44-,47+/m0/s1. The number of piperidine rings is 1. The molecule has 9 rings (SSSR count). The number of para-hydroxylation sites is 1. The molecule has 69 heavy (non-hydrogen) atoms. The number of thiazole rings is 1. The summed E-state index contributed by atoms with van der Waals surface area (Å²) in [6.07, 6.45) is 13.5. The van der Waals surface area contributed by atoms with E-state index < -0.39 is 23.6 Å². The Morgan fingerprint density at radius 2 is 1.58 bits per heavy atom. The van der Waals surface area contributed by atoms with Crippen molar-refractivity contribution < 1.29 is 24.6 Å². The molecule has 15 nitrogen and oxygen atoms in total. The molecule has 2 saturated carbocycles. The monoisotopic (exact) mass is 957 g/mol. The summed E-state index contributed by atoms with van der Waals surface area (Å²) < 4.78 is 2.09. The van der Waals surface area contributed by atoms with E-state index in [2.05, 4.69) is 41.6 Å². The van der Waals surface area contributed by atoms with Gasteiger partial charge in [0.25, 0.3) is 0 Å². The first kappa shape index (κ1) is 48.3. The maximum atomic E-state index is 14.4. The molecule has 4 atom stereocenters. The van der Waals surface area contributed by atoms with Crippen LogP contribution in [0, 0.1) is 23.7 Å². The van der Waals surface area contributed by atoms with Crippen molar-refractivity contribution in [1.29, 1.82) is 0 Å². The summed E-state index contributed by atoms with van der Waals surface area (Å²) in [6, 6.07) is 15.7. The van der Waals surface area contributed by atoms with Crippen molar-refractivity contribution in [2.24, 2.45) is 16.7 Å². The van der Waals surface area contributed by atoms with Crippen LogP contribution in [0.25, 0.3) is 32.8 Å². The number of benzene rings is 2. The summed E-state index contributed by atoms with van der Waals surface area (Å²) >= 11 is 1.59. The highest BCUT2D eigenvalue weighted by Gasteiger charge is 2.46. The number of rotatable bonds is 11. The number of anilines is 1. The number of β-amino-alcohol motifs (C(OH)–C–C–N with tert-alkyl or cyclic N) is 1. The fourth-order valence-corrected chi connectivity index (χ4v) is 12.3. The lowest BCUT2D eigenvalue weighted by Crippen LogP contribution is -2.58. The minimum absolute atomic E-state index is 0.0377. The topological polar surface area (TPSA) is 205 Å². The molecule has 5 heterocycles. The van der Waals surface area contributed by atoms with Gasteiger partial charge in [-0.1, -0.05) is 57.2 Å². The van der Waals surface area contributed by atoms with Gasteiger partial charge in [0.2, 0.25) is 17.7 Å². The zero-order chi connectivity index (χ0) is 48.6. The molecule has 4 fully saturated rings. The van der Waals surface area contributed by atoms with Gasteiger partial charge in [-0.05, 0) is 131 Å². The van der Waals surface area contributed by atoms with E-state index in [4.69, 9.17) is 10.8 Å². The summed E-state index contributed by atoms with van der Waals surface area (Å²) in [5.74, 6) is -0.484. The number of hydrogen-bond donors (Lipinski definition) is 5. The van der Waals surface area contributed by atoms with Crippen molar-refractivity contribution in [2.75, 3.05) is 25.4 Å². The van der Waals surface area contributed by atoms with E-state index in [-0.39, 0.29) is 48.4 Å². The van der Waals surface area contributed by atoms with Crippen LogP contribution in [0.15, 0.2) is 72.5 Å². The van der Waals surface area contributed by atoms with Crippen molar-refractivity contribution in [1.82, 2.24) is 45.4 Å². The lowest BCUT2D eigenvalue weighted by Gasteiger charge is -2.48. The van der Waals surface area contributed by atoms with E-state index >= 15 is 0 Å². The maximum Gasteiger partial charge on any atom is 0.246 e. The summed E-state index contributed by atoms with van der Waals surface area (Å²) in [6.45, 7) is 11.9. The van der Waals surface area contributed by atoms with Crippen LogP contribution < -0.4 is 16.4 Å². The maximum absolute atomic E-state index is 14.4. The Morgan fingerprint density at radius 1 is 0.870 bits per heavy atom. The van der Waals surface area contributed by atoms with Gasteiger partial charge in [-0.15, -0.1) is 21.5 Å². The SMILES string of the molecule is Cc1ncsc1-c1ccc([C@H](C)NC(=O)[C@@H]2C[C@@H](O)CN2C(=O)[C@@H](NC(=O)C2CCC(N3CCC4(CCC(n5cc(-c6cc(-c7ccccc7O)nnc6N)cn5)CC4)CC3)CC2)C(C)(C)C)cc1. The quantitative estimate of drug-likeness (QED) is 0.0862. The van der Waals surface area contributed by atoms with Crippen molar-refractivity contribution in [3.05, 3.63) is 83.8 Å². The van der Waals surface area contributed by atoms with Gasteiger partial charge in [-0.25, -0.2) is 4.98 Å². The van der Waals surface area contributed by atoms with E-state index in [0.29, 0.717) is 34.6 Å². The van der Waals surface area contributed by atoms with E-state index in [1.165, 1.54) is 30.6 Å². The van der Waals surface area contributed by atoms with Crippen LogP contribution >= 0.6 is 11.3 Å². The number of carbonyl (C=O) groups excluding carboxylic acids is 3. The minimum Gasteiger partial charge on any atom is -0.507 e. The predicted molar refractivity (Wildman–Crippen MR) is 268 cm³/mol. The van der Waals surface area contributed by atoms with Gasteiger partial charge < -0.3 is 36.4 Å². The van der Waals surface area contributed by atoms with Gasteiger partial charge in [-0.2, -0.15) is 5.10 Å². The average Bonchev–Trinajstić information content (AvgIpc) is 4.11. The third-order valence-electron chi connectivity index (χ3n) is 15.8. The Labute approximate surface area is 409 Å². The number of hydrogen-bond acceptors (Lipinski definition) is 12. The second kappa shape index (κ2) is 20.0. The van der Waals surface area contributed by atoms with E-state index in [9.17, 15) is 24.6 Å². The summed E-state index contributed by atoms with van der Waals surface area (Å²) in [7, 11) is 0. The van der Waals surface area contributed by atoms with Crippen LogP contribution in [-0.4, -0.2) is 107 Å². The van der Waals surface area contributed by atoms with Gasteiger partial charge in [0.15, 0.2) is 5.82 Å². The molecule has 4 aliphatic rings. The average molecular weight is 957 g/mol. The van der Waals surface area contributed by atoms with Crippen molar-refractivity contribution in [3.8, 4) is 38.6 Å². The van der Waals surface area contributed by atoms with Crippen LogP contribution in [-0.2, 0) is 14.4 Å². The Kier molecular flexibility index (Phi) is 14.0. The Bertz CT molecular complexity index is 2620. The number of amides is 3. The number of aromatic hydroxyl groups is 1. The molecule has 6 N–H and O–H groups in total. The molecule has 1 spiro atoms. The van der Waals surface area contributed by atoms with Gasteiger partial charge in [-0.3, -0.25) is 19.1 Å². The zero-order valence-corrected chi connectivity index (χ0v) is 41.4. The second-order valence-electron chi connectivity index (χ2n) is 21.3. The van der Waals surface area contributed by atoms with Gasteiger partial charge in [0.1, 0.15) is 17.8 Å². The highest BCUT2D eigenvalue weighted by atomic mass is 32.1. The van der Waals surface area contributed by atoms with Crippen molar-refractivity contribution in [2.45, 2.75) is 142 Å². The van der Waals surface area contributed by atoms with E-state index in [1.807, 2.05) is 88.8 Å². The van der Waals surface area contributed by atoms with Crippen molar-refractivity contribution in [3.63, 3.8) is 0 Å².